The van der Waals surface area contributed by atoms with E-state index >= 15 is 0 Å². The summed E-state index contributed by atoms with van der Waals surface area (Å²) in [6.45, 7) is 2.29. The smallest absolute Gasteiger partial charge is 0.101 e. The van der Waals surface area contributed by atoms with E-state index in [-0.39, 0.29) is 0 Å². The van der Waals surface area contributed by atoms with Gasteiger partial charge in [-0.15, -0.1) is 0 Å². The summed E-state index contributed by atoms with van der Waals surface area (Å²) in [6, 6.07) is 8.42. The molecule has 1 aliphatic rings. The van der Waals surface area contributed by atoms with Gasteiger partial charge in [0.25, 0.3) is 0 Å². The van der Waals surface area contributed by atoms with Crippen molar-refractivity contribution in [2.75, 3.05) is 11.9 Å². The van der Waals surface area contributed by atoms with E-state index in [0.717, 1.165) is 11.6 Å². The topological polar surface area (TPSA) is 27.0 Å². The lowest BCUT2D eigenvalue weighted by Gasteiger charge is -2.36. The Bertz CT molecular complexity index is 470. The summed E-state index contributed by atoms with van der Waals surface area (Å²) in [6.07, 6.45) is 6.48. The number of halogens is 1. The second-order valence-corrected chi connectivity index (χ2v) is 5.88. The Kier molecular flexibility index (Phi) is 4.71. The van der Waals surface area contributed by atoms with Crippen molar-refractivity contribution < 1.29 is 0 Å². The highest BCUT2D eigenvalue weighted by Crippen LogP contribution is 2.32. The maximum atomic E-state index is 8.90. The van der Waals surface area contributed by atoms with Crippen LogP contribution in [0.4, 0.5) is 5.69 Å². The Morgan fingerprint density at radius 2 is 2.00 bits per heavy atom. The Balaban J connectivity index is 2.06. The number of hydrogen-bond donors (Lipinski definition) is 0. The van der Waals surface area contributed by atoms with Crippen LogP contribution in [0.1, 0.15) is 44.6 Å². The molecule has 3 heteroatoms. The summed E-state index contributed by atoms with van der Waals surface area (Å²) in [7, 11) is 2.13. The molecule has 0 atom stereocenters. The number of rotatable bonds is 3. The van der Waals surface area contributed by atoms with Crippen LogP contribution in [0.25, 0.3) is 0 Å². The predicted octanol–water partition coefficient (Wildman–Crippen LogP) is 4.62. The van der Waals surface area contributed by atoms with Crippen LogP contribution in [0.2, 0.25) is 5.02 Å². The van der Waals surface area contributed by atoms with Gasteiger partial charge in [-0.2, -0.15) is 5.26 Å². The minimum atomic E-state index is 0.550. The van der Waals surface area contributed by atoms with Crippen molar-refractivity contribution >= 4 is 17.3 Å². The molecule has 2 rings (SSSR count). The number of hydrogen-bond acceptors (Lipinski definition) is 2. The zero-order valence-corrected chi connectivity index (χ0v) is 12.5. The molecule has 0 saturated heterocycles. The maximum Gasteiger partial charge on any atom is 0.101 e. The molecule has 0 aromatic heterocycles. The third kappa shape index (κ3) is 3.22. The highest BCUT2D eigenvalue weighted by molar-refractivity contribution is 6.32. The first-order valence-corrected chi connectivity index (χ1v) is 7.46. The second-order valence-electron chi connectivity index (χ2n) is 5.47. The molecule has 0 unspecified atom stereocenters. The van der Waals surface area contributed by atoms with Crippen molar-refractivity contribution in [3.05, 3.63) is 28.8 Å². The summed E-state index contributed by atoms with van der Waals surface area (Å²) in [4.78, 5) is 2.32. The molecule has 1 fully saturated rings. The molecule has 1 saturated carbocycles. The minimum absolute atomic E-state index is 0.550. The van der Waals surface area contributed by atoms with Crippen LogP contribution in [-0.4, -0.2) is 13.1 Å². The Labute approximate surface area is 121 Å². The van der Waals surface area contributed by atoms with Gasteiger partial charge in [0.05, 0.1) is 10.6 Å². The monoisotopic (exact) mass is 276 g/mol. The second kappa shape index (κ2) is 6.30. The summed E-state index contributed by atoms with van der Waals surface area (Å²) < 4.78 is 0. The summed E-state index contributed by atoms with van der Waals surface area (Å²) in [5.74, 6) is 0.911. The average molecular weight is 277 g/mol. The zero-order valence-electron chi connectivity index (χ0n) is 11.7. The highest BCUT2D eigenvalue weighted by Gasteiger charge is 2.23. The van der Waals surface area contributed by atoms with Gasteiger partial charge in [0.1, 0.15) is 6.07 Å². The number of anilines is 1. The maximum absolute atomic E-state index is 8.90. The molecule has 102 valence electrons. The van der Waals surface area contributed by atoms with E-state index in [1.54, 1.807) is 0 Å². The van der Waals surface area contributed by atoms with Crippen molar-refractivity contribution in [3.8, 4) is 6.07 Å². The van der Waals surface area contributed by atoms with Crippen LogP contribution >= 0.6 is 11.6 Å². The molecular weight excluding hydrogens is 256 g/mol. The molecule has 1 aliphatic carbocycles. The van der Waals surface area contributed by atoms with E-state index in [1.807, 2.05) is 18.2 Å². The van der Waals surface area contributed by atoms with Crippen molar-refractivity contribution in [1.82, 2.24) is 0 Å². The Morgan fingerprint density at radius 3 is 2.53 bits per heavy atom. The molecule has 0 amide bonds. The number of benzene rings is 1. The predicted molar refractivity (Wildman–Crippen MR) is 80.6 cm³/mol. The van der Waals surface area contributed by atoms with Crippen molar-refractivity contribution in [3.63, 3.8) is 0 Å². The van der Waals surface area contributed by atoms with Crippen molar-refractivity contribution in [2.45, 2.75) is 45.1 Å². The summed E-state index contributed by atoms with van der Waals surface area (Å²) in [5, 5.41) is 9.45. The lowest BCUT2D eigenvalue weighted by Crippen LogP contribution is -2.35. The zero-order chi connectivity index (χ0) is 13.8. The third-order valence-corrected chi connectivity index (χ3v) is 4.73. The van der Waals surface area contributed by atoms with Gasteiger partial charge in [-0.1, -0.05) is 24.9 Å². The number of nitrogens with zero attached hydrogens (tertiary/aromatic N) is 2. The average Bonchev–Trinajstić information content (AvgIpc) is 2.46. The molecule has 0 bridgehead atoms. The van der Waals surface area contributed by atoms with Crippen molar-refractivity contribution in [2.24, 2.45) is 5.92 Å². The fourth-order valence-corrected chi connectivity index (χ4v) is 3.18. The number of nitriles is 1. The molecule has 19 heavy (non-hydrogen) atoms. The standard InChI is InChI=1S/C16H21ClN2/c1-3-12-4-7-14(8-5-12)19(2)15-9-6-13(11-18)16(17)10-15/h6,9-10,12,14H,3-5,7-8H2,1-2H3. The van der Waals surface area contributed by atoms with Gasteiger partial charge < -0.3 is 4.90 Å². The molecule has 0 radical (unpaired) electrons. The van der Waals surface area contributed by atoms with E-state index < -0.39 is 0 Å². The third-order valence-electron chi connectivity index (χ3n) is 4.42. The van der Waals surface area contributed by atoms with Gasteiger partial charge in [-0.05, 0) is 49.8 Å². The fourth-order valence-electron chi connectivity index (χ4n) is 2.97. The van der Waals surface area contributed by atoms with E-state index in [9.17, 15) is 0 Å². The van der Waals surface area contributed by atoms with Crippen LogP contribution in [0.15, 0.2) is 18.2 Å². The summed E-state index contributed by atoms with van der Waals surface area (Å²) >= 11 is 6.11. The first-order chi connectivity index (χ1) is 9.15. The first-order valence-electron chi connectivity index (χ1n) is 7.08. The van der Waals surface area contributed by atoms with Gasteiger partial charge in [0, 0.05) is 18.8 Å². The van der Waals surface area contributed by atoms with Gasteiger partial charge in [-0.25, -0.2) is 0 Å². The first kappa shape index (κ1) is 14.2. The van der Waals surface area contributed by atoms with Gasteiger partial charge in [0.2, 0.25) is 0 Å². The molecule has 0 heterocycles. The highest BCUT2D eigenvalue weighted by atomic mass is 35.5. The largest absolute Gasteiger partial charge is 0.372 e. The van der Waals surface area contributed by atoms with E-state index in [0.29, 0.717) is 16.6 Å². The molecular formula is C16H21ClN2. The molecule has 0 N–H and O–H groups in total. The minimum Gasteiger partial charge on any atom is -0.372 e. The van der Waals surface area contributed by atoms with E-state index in [2.05, 4.69) is 24.9 Å². The fraction of sp³-hybridized carbons (Fsp3) is 0.562. The molecule has 1 aromatic rings. The lowest BCUT2D eigenvalue weighted by atomic mass is 9.84. The van der Waals surface area contributed by atoms with Crippen LogP contribution < -0.4 is 4.90 Å². The normalized spacial score (nSPS) is 22.8. The SMILES string of the molecule is CCC1CCC(N(C)c2ccc(C#N)c(Cl)c2)CC1. The van der Waals surface area contributed by atoms with Gasteiger partial charge >= 0.3 is 0 Å². The van der Waals surface area contributed by atoms with E-state index in [1.165, 1.54) is 32.1 Å². The quantitative estimate of drug-likeness (QED) is 0.806. The molecule has 2 nitrogen and oxygen atoms in total. The molecule has 1 aromatic carbocycles. The van der Waals surface area contributed by atoms with Crippen molar-refractivity contribution in [1.29, 1.82) is 5.26 Å². The Morgan fingerprint density at radius 1 is 1.32 bits per heavy atom. The van der Waals surface area contributed by atoms with E-state index in [4.69, 9.17) is 16.9 Å². The lowest BCUT2D eigenvalue weighted by molar-refractivity contribution is 0.313. The van der Waals surface area contributed by atoms with Gasteiger partial charge in [0.15, 0.2) is 0 Å². The summed E-state index contributed by atoms with van der Waals surface area (Å²) in [5.41, 5.74) is 1.66. The van der Waals surface area contributed by atoms with Crippen LogP contribution in [-0.2, 0) is 0 Å². The van der Waals surface area contributed by atoms with Gasteiger partial charge in [-0.3, -0.25) is 0 Å². The Hall–Kier alpha value is -1.20. The van der Waals surface area contributed by atoms with Crippen LogP contribution in [0, 0.1) is 17.2 Å². The van der Waals surface area contributed by atoms with Crippen LogP contribution in [0.5, 0.6) is 0 Å². The molecule has 0 spiro atoms. The molecule has 0 aliphatic heterocycles. The van der Waals surface area contributed by atoms with Crippen LogP contribution in [0.3, 0.4) is 0 Å².